The van der Waals surface area contributed by atoms with E-state index in [1.54, 1.807) is 18.2 Å². The zero-order valence-corrected chi connectivity index (χ0v) is 9.28. The van der Waals surface area contributed by atoms with Gasteiger partial charge in [0.05, 0.1) is 17.0 Å². The summed E-state index contributed by atoms with van der Waals surface area (Å²) in [5, 5.41) is 18.7. The number of hydrogen-bond donors (Lipinski definition) is 3. The van der Waals surface area contributed by atoms with Gasteiger partial charge in [-0.25, -0.2) is 4.79 Å². The maximum absolute atomic E-state index is 11.0. The van der Waals surface area contributed by atoms with E-state index in [1.807, 2.05) is 0 Å². The molecule has 1 aromatic heterocycles. The van der Waals surface area contributed by atoms with Gasteiger partial charge in [0.15, 0.2) is 0 Å². The summed E-state index contributed by atoms with van der Waals surface area (Å²) in [6, 6.07) is 4.90. The maximum Gasteiger partial charge on any atom is 0.352 e. The molecule has 0 unspecified atom stereocenters. The van der Waals surface area contributed by atoms with Gasteiger partial charge in [-0.1, -0.05) is 23.7 Å². The first-order chi connectivity index (χ1) is 8.00. The van der Waals surface area contributed by atoms with Crippen molar-refractivity contribution in [2.24, 2.45) is 0 Å². The molecule has 0 saturated carbocycles. The number of carboxylic acids is 2. The Morgan fingerprint density at radius 2 is 2.00 bits per heavy atom. The quantitative estimate of drug-likeness (QED) is 0.782. The van der Waals surface area contributed by atoms with Crippen molar-refractivity contribution in [3.8, 4) is 0 Å². The summed E-state index contributed by atoms with van der Waals surface area (Å²) in [6.07, 6.45) is -0.359. The minimum absolute atomic E-state index is 0.129. The van der Waals surface area contributed by atoms with Crippen molar-refractivity contribution >= 4 is 34.4 Å². The van der Waals surface area contributed by atoms with Crippen molar-refractivity contribution in [1.82, 2.24) is 4.98 Å². The van der Waals surface area contributed by atoms with Crippen molar-refractivity contribution in [1.29, 1.82) is 0 Å². The summed E-state index contributed by atoms with van der Waals surface area (Å²) in [5.74, 6) is -2.29. The Hall–Kier alpha value is -2.01. The summed E-state index contributed by atoms with van der Waals surface area (Å²) in [6.45, 7) is 0. The molecule has 0 spiro atoms. The number of aromatic amines is 1. The number of aromatic nitrogens is 1. The van der Waals surface area contributed by atoms with Crippen LogP contribution in [0.3, 0.4) is 0 Å². The van der Waals surface area contributed by atoms with Crippen LogP contribution in [0.4, 0.5) is 0 Å². The number of benzene rings is 1. The molecule has 6 heteroatoms. The van der Waals surface area contributed by atoms with Gasteiger partial charge in [0.1, 0.15) is 5.69 Å². The Labute approximate surface area is 101 Å². The second-order valence-electron chi connectivity index (χ2n) is 3.52. The zero-order chi connectivity index (χ0) is 12.6. The third kappa shape index (κ3) is 1.97. The lowest BCUT2D eigenvalue weighted by Gasteiger charge is -1.97. The third-order valence-corrected chi connectivity index (χ3v) is 2.75. The number of aliphatic carboxylic acids is 1. The first kappa shape index (κ1) is 11.5. The first-order valence-corrected chi connectivity index (χ1v) is 5.12. The number of carbonyl (C=O) groups is 2. The van der Waals surface area contributed by atoms with Gasteiger partial charge in [-0.15, -0.1) is 0 Å². The number of carboxylic acid groups (broad SMARTS) is 2. The molecule has 2 rings (SSSR count). The summed E-state index contributed by atoms with van der Waals surface area (Å²) in [4.78, 5) is 24.4. The van der Waals surface area contributed by atoms with Gasteiger partial charge >= 0.3 is 11.9 Å². The van der Waals surface area contributed by atoms with Crippen LogP contribution in [0.25, 0.3) is 10.9 Å². The largest absolute Gasteiger partial charge is 0.481 e. The van der Waals surface area contributed by atoms with Crippen molar-refractivity contribution in [3.63, 3.8) is 0 Å². The highest BCUT2D eigenvalue weighted by Crippen LogP contribution is 2.28. The molecule has 0 amide bonds. The molecule has 0 aliphatic heterocycles. The van der Waals surface area contributed by atoms with Crippen molar-refractivity contribution < 1.29 is 19.8 Å². The fourth-order valence-electron chi connectivity index (χ4n) is 1.76. The predicted octanol–water partition coefficient (Wildman–Crippen LogP) is 2.15. The highest BCUT2D eigenvalue weighted by atomic mass is 35.5. The molecule has 0 aliphatic carbocycles. The fourth-order valence-corrected chi connectivity index (χ4v) is 1.98. The fraction of sp³-hybridized carbons (Fsp3) is 0.0909. The van der Waals surface area contributed by atoms with Crippen LogP contribution < -0.4 is 0 Å². The van der Waals surface area contributed by atoms with Crippen molar-refractivity contribution in [3.05, 3.63) is 34.5 Å². The lowest BCUT2D eigenvalue weighted by Crippen LogP contribution is -2.06. The number of nitrogens with one attached hydrogen (secondary N) is 1. The molecule has 3 N–H and O–H groups in total. The second-order valence-corrected chi connectivity index (χ2v) is 3.92. The predicted molar refractivity (Wildman–Crippen MR) is 61.6 cm³/mol. The topological polar surface area (TPSA) is 90.4 Å². The van der Waals surface area contributed by atoms with E-state index in [-0.39, 0.29) is 17.7 Å². The second kappa shape index (κ2) is 4.10. The minimum Gasteiger partial charge on any atom is -0.481 e. The highest BCUT2D eigenvalue weighted by Gasteiger charge is 2.19. The Kier molecular flexibility index (Phi) is 2.77. The van der Waals surface area contributed by atoms with Gasteiger partial charge in [-0.3, -0.25) is 4.79 Å². The van der Waals surface area contributed by atoms with Gasteiger partial charge < -0.3 is 15.2 Å². The standard InChI is InChI=1S/C11H8ClNO4/c12-7-3-1-2-5-6(4-8(14)15)10(11(16)17)13-9(5)7/h1-3,13H,4H2,(H,14,15)(H,16,17). The number of aromatic carboxylic acids is 1. The normalized spacial score (nSPS) is 10.6. The van der Waals surface area contributed by atoms with Crippen molar-refractivity contribution in [2.45, 2.75) is 6.42 Å². The van der Waals surface area contributed by atoms with Crippen LogP contribution in [0.5, 0.6) is 0 Å². The van der Waals surface area contributed by atoms with E-state index < -0.39 is 11.9 Å². The Morgan fingerprint density at radius 1 is 1.29 bits per heavy atom. The monoisotopic (exact) mass is 253 g/mol. The molecule has 5 nitrogen and oxygen atoms in total. The highest BCUT2D eigenvalue weighted by molar-refractivity contribution is 6.35. The minimum atomic E-state index is -1.20. The Balaban J connectivity index is 2.75. The lowest BCUT2D eigenvalue weighted by atomic mass is 10.1. The summed E-state index contributed by atoms with van der Waals surface area (Å²) >= 11 is 5.91. The molecule has 0 aliphatic rings. The number of rotatable bonds is 3. The van der Waals surface area contributed by atoms with Crippen LogP contribution in [0.1, 0.15) is 16.1 Å². The molecular formula is C11H8ClNO4. The molecule has 1 aromatic carbocycles. The first-order valence-electron chi connectivity index (χ1n) is 4.75. The van der Waals surface area contributed by atoms with E-state index in [2.05, 4.69) is 4.98 Å². The third-order valence-electron chi connectivity index (χ3n) is 2.43. The molecule has 0 fully saturated rings. The Bertz CT molecular complexity index is 617. The van der Waals surface area contributed by atoms with Crippen LogP contribution in [-0.2, 0) is 11.2 Å². The molecule has 0 atom stereocenters. The molecule has 88 valence electrons. The van der Waals surface area contributed by atoms with Crippen LogP contribution in [0, 0.1) is 0 Å². The number of halogens is 1. The molecule has 1 heterocycles. The average Bonchev–Trinajstić information content (AvgIpc) is 2.58. The van der Waals surface area contributed by atoms with Gasteiger partial charge in [0.2, 0.25) is 0 Å². The number of hydrogen-bond acceptors (Lipinski definition) is 2. The zero-order valence-electron chi connectivity index (χ0n) is 8.53. The summed E-state index contributed by atoms with van der Waals surface area (Å²) in [7, 11) is 0. The number of fused-ring (bicyclic) bond motifs is 1. The molecular weight excluding hydrogens is 246 g/mol. The van der Waals surface area contributed by atoms with E-state index in [4.69, 9.17) is 21.8 Å². The molecule has 0 radical (unpaired) electrons. The van der Waals surface area contributed by atoms with E-state index in [0.29, 0.717) is 15.9 Å². The van der Waals surface area contributed by atoms with E-state index in [0.717, 1.165) is 0 Å². The van der Waals surface area contributed by atoms with Gasteiger partial charge in [0, 0.05) is 10.9 Å². The van der Waals surface area contributed by atoms with Crippen LogP contribution in [0.15, 0.2) is 18.2 Å². The van der Waals surface area contributed by atoms with E-state index >= 15 is 0 Å². The van der Waals surface area contributed by atoms with Gasteiger partial charge in [-0.2, -0.15) is 0 Å². The van der Waals surface area contributed by atoms with E-state index in [9.17, 15) is 9.59 Å². The number of H-pyrrole nitrogens is 1. The van der Waals surface area contributed by atoms with Crippen molar-refractivity contribution in [2.75, 3.05) is 0 Å². The average molecular weight is 254 g/mol. The van der Waals surface area contributed by atoms with Gasteiger partial charge in [0.25, 0.3) is 0 Å². The molecule has 0 saturated heterocycles. The Morgan fingerprint density at radius 3 is 2.59 bits per heavy atom. The van der Waals surface area contributed by atoms with Crippen LogP contribution in [-0.4, -0.2) is 27.1 Å². The maximum atomic E-state index is 11.0. The van der Waals surface area contributed by atoms with E-state index in [1.165, 1.54) is 0 Å². The molecule has 2 aromatic rings. The molecule has 17 heavy (non-hydrogen) atoms. The molecule has 0 bridgehead atoms. The lowest BCUT2D eigenvalue weighted by molar-refractivity contribution is -0.136. The summed E-state index contributed by atoms with van der Waals surface area (Å²) < 4.78 is 0. The summed E-state index contributed by atoms with van der Waals surface area (Å²) in [5.41, 5.74) is 0.556. The van der Waals surface area contributed by atoms with Crippen LogP contribution >= 0.6 is 11.6 Å². The smallest absolute Gasteiger partial charge is 0.352 e. The van der Waals surface area contributed by atoms with Gasteiger partial charge in [-0.05, 0) is 6.07 Å². The SMILES string of the molecule is O=C(O)Cc1c(C(=O)O)[nH]c2c(Cl)cccc12. The van der Waals surface area contributed by atoms with Crippen LogP contribution in [0.2, 0.25) is 5.02 Å². The number of para-hydroxylation sites is 1.